The Bertz CT molecular complexity index is 393. The van der Waals surface area contributed by atoms with Gasteiger partial charge in [-0.15, -0.1) is 0 Å². The number of piperidine rings is 1. The Labute approximate surface area is 123 Å². The molecule has 21 heavy (non-hydrogen) atoms. The van der Waals surface area contributed by atoms with Gasteiger partial charge in [0.05, 0.1) is 18.9 Å². The summed E-state index contributed by atoms with van der Waals surface area (Å²) in [7, 11) is 0. The Morgan fingerprint density at radius 1 is 1.33 bits per heavy atom. The first-order valence-electron chi connectivity index (χ1n) is 7.06. The summed E-state index contributed by atoms with van der Waals surface area (Å²) in [6.07, 6.45) is -1.51. The fraction of sp³-hybridized carbons (Fsp3) is 0.857. The highest BCUT2D eigenvalue weighted by molar-refractivity contribution is 5.71. The minimum atomic E-state index is -2.98. The standard InChI is InChI=1S/C14H23F2NO4/c1-5-20-11(18)8-10-9-17(7-6-14(10,15)16)12(19)21-13(2,3)4/h10H,5-9H2,1-4H3. The van der Waals surface area contributed by atoms with Crippen LogP contribution in [0.5, 0.6) is 0 Å². The molecule has 0 bridgehead atoms. The Balaban J connectivity index is 2.69. The van der Waals surface area contributed by atoms with Crippen LogP contribution in [0.25, 0.3) is 0 Å². The monoisotopic (exact) mass is 307 g/mol. The smallest absolute Gasteiger partial charge is 0.410 e. The third-order valence-electron chi connectivity index (χ3n) is 3.12. The lowest BCUT2D eigenvalue weighted by Gasteiger charge is -2.38. The highest BCUT2D eigenvalue weighted by Crippen LogP contribution is 2.36. The summed E-state index contributed by atoms with van der Waals surface area (Å²) in [5, 5.41) is 0. The van der Waals surface area contributed by atoms with Crippen molar-refractivity contribution in [2.75, 3.05) is 19.7 Å². The lowest BCUT2D eigenvalue weighted by atomic mass is 9.91. The van der Waals surface area contributed by atoms with Crippen LogP contribution in [0.4, 0.5) is 13.6 Å². The van der Waals surface area contributed by atoms with Crippen LogP contribution < -0.4 is 0 Å². The highest BCUT2D eigenvalue weighted by atomic mass is 19.3. The van der Waals surface area contributed by atoms with Crippen molar-refractivity contribution in [3.63, 3.8) is 0 Å². The molecular formula is C14H23F2NO4. The highest BCUT2D eigenvalue weighted by Gasteiger charge is 2.46. The summed E-state index contributed by atoms with van der Waals surface area (Å²) >= 11 is 0. The van der Waals surface area contributed by atoms with Crippen molar-refractivity contribution in [3.05, 3.63) is 0 Å². The van der Waals surface area contributed by atoms with Gasteiger partial charge in [0.25, 0.3) is 5.92 Å². The van der Waals surface area contributed by atoms with Crippen molar-refractivity contribution >= 4 is 12.1 Å². The van der Waals surface area contributed by atoms with E-state index in [4.69, 9.17) is 9.47 Å². The predicted molar refractivity (Wildman–Crippen MR) is 72.1 cm³/mol. The molecule has 0 saturated carbocycles. The van der Waals surface area contributed by atoms with E-state index in [0.29, 0.717) is 0 Å². The van der Waals surface area contributed by atoms with Gasteiger partial charge in [-0.2, -0.15) is 0 Å². The van der Waals surface area contributed by atoms with Crippen LogP contribution in [0.1, 0.15) is 40.5 Å². The van der Waals surface area contributed by atoms with E-state index < -0.39 is 42.3 Å². The summed E-state index contributed by atoms with van der Waals surface area (Å²) in [6, 6.07) is 0. The molecule has 5 nitrogen and oxygen atoms in total. The SMILES string of the molecule is CCOC(=O)CC1CN(C(=O)OC(C)(C)C)CCC1(F)F. The quantitative estimate of drug-likeness (QED) is 0.752. The van der Waals surface area contributed by atoms with E-state index in [9.17, 15) is 18.4 Å². The van der Waals surface area contributed by atoms with Gasteiger partial charge in [-0.1, -0.05) is 0 Å². The van der Waals surface area contributed by atoms with Crippen molar-refractivity contribution in [1.29, 1.82) is 0 Å². The Morgan fingerprint density at radius 2 is 1.95 bits per heavy atom. The van der Waals surface area contributed by atoms with Crippen molar-refractivity contribution in [1.82, 2.24) is 4.90 Å². The average molecular weight is 307 g/mol. The number of alkyl halides is 2. The molecule has 1 unspecified atom stereocenters. The third kappa shape index (κ3) is 5.47. The lowest BCUT2D eigenvalue weighted by Crippen LogP contribution is -2.51. The van der Waals surface area contributed by atoms with Gasteiger partial charge in [0.15, 0.2) is 0 Å². The Morgan fingerprint density at radius 3 is 2.48 bits per heavy atom. The number of carbonyl (C=O) groups is 2. The minimum absolute atomic E-state index is 0.0821. The van der Waals surface area contributed by atoms with Gasteiger partial charge in [0.1, 0.15) is 5.60 Å². The normalized spacial score (nSPS) is 21.8. The number of nitrogens with zero attached hydrogens (tertiary/aromatic N) is 1. The van der Waals surface area contributed by atoms with Gasteiger partial charge < -0.3 is 14.4 Å². The second-order valence-electron chi connectivity index (χ2n) is 6.14. The minimum Gasteiger partial charge on any atom is -0.466 e. The van der Waals surface area contributed by atoms with Crippen LogP contribution in [-0.4, -0.2) is 48.2 Å². The van der Waals surface area contributed by atoms with Gasteiger partial charge in [-0.25, -0.2) is 13.6 Å². The maximum atomic E-state index is 13.9. The molecular weight excluding hydrogens is 284 g/mol. The summed E-state index contributed by atoms with van der Waals surface area (Å²) in [5.41, 5.74) is -0.687. The zero-order chi connectivity index (χ0) is 16.3. The fourth-order valence-electron chi connectivity index (χ4n) is 2.11. The molecule has 1 amide bonds. The number of hydrogen-bond acceptors (Lipinski definition) is 4. The average Bonchev–Trinajstić information content (AvgIpc) is 2.29. The maximum absolute atomic E-state index is 13.9. The van der Waals surface area contributed by atoms with E-state index in [0.717, 1.165) is 0 Å². The van der Waals surface area contributed by atoms with Gasteiger partial charge in [-0.3, -0.25) is 4.79 Å². The van der Waals surface area contributed by atoms with E-state index in [1.54, 1.807) is 27.7 Å². The van der Waals surface area contributed by atoms with Gasteiger partial charge in [0, 0.05) is 19.5 Å². The first kappa shape index (κ1) is 17.7. The van der Waals surface area contributed by atoms with Gasteiger partial charge in [-0.05, 0) is 27.7 Å². The molecule has 0 aromatic carbocycles. The zero-order valence-electron chi connectivity index (χ0n) is 12.9. The van der Waals surface area contributed by atoms with Crippen molar-refractivity contribution in [3.8, 4) is 0 Å². The zero-order valence-corrected chi connectivity index (χ0v) is 12.9. The van der Waals surface area contributed by atoms with E-state index in [2.05, 4.69) is 0 Å². The largest absolute Gasteiger partial charge is 0.466 e. The number of amides is 1. The topological polar surface area (TPSA) is 55.8 Å². The number of likely N-dealkylation sites (tertiary alicyclic amines) is 1. The number of carbonyl (C=O) groups excluding carboxylic acids is 2. The van der Waals surface area contributed by atoms with Crippen LogP contribution in [0.2, 0.25) is 0 Å². The van der Waals surface area contributed by atoms with Gasteiger partial charge in [0.2, 0.25) is 0 Å². The molecule has 0 radical (unpaired) electrons. The molecule has 1 saturated heterocycles. The molecule has 0 aliphatic carbocycles. The molecule has 1 fully saturated rings. The number of hydrogen-bond donors (Lipinski definition) is 0. The third-order valence-corrected chi connectivity index (χ3v) is 3.12. The number of ether oxygens (including phenoxy) is 2. The molecule has 0 spiro atoms. The number of esters is 1. The molecule has 7 heteroatoms. The summed E-state index contributed by atoms with van der Waals surface area (Å²) in [6.45, 7) is 6.59. The molecule has 1 heterocycles. The first-order valence-corrected chi connectivity index (χ1v) is 7.06. The molecule has 122 valence electrons. The van der Waals surface area contributed by atoms with E-state index in [1.165, 1.54) is 4.90 Å². The molecule has 1 aliphatic heterocycles. The van der Waals surface area contributed by atoms with Gasteiger partial charge >= 0.3 is 12.1 Å². The van der Waals surface area contributed by atoms with Crippen molar-refractivity contribution < 1.29 is 27.8 Å². The summed E-state index contributed by atoms with van der Waals surface area (Å²) < 4.78 is 37.6. The van der Waals surface area contributed by atoms with Crippen LogP contribution >= 0.6 is 0 Å². The van der Waals surface area contributed by atoms with Crippen LogP contribution in [-0.2, 0) is 14.3 Å². The maximum Gasteiger partial charge on any atom is 0.410 e. The molecule has 0 N–H and O–H groups in total. The number of halogens is 2. The van der Waals surface area contributed by atoms with Crippen LogP contribution in [0.3, 0.4) is 0 Å². The second kappa shape index (κ2) is 6.58. The molecule has 1 aliphatic rings. The predicted octanol–water partition coefficient (Wildman–Crippen LogP) is 2.83. The summed E-state index contributed by atoms with van der Waals surface area (Å²) in [4.78, 5) is 24.6. The first-order chi connectivity index (χ1) is 9.55. The number of rotatable bonds is 3. The Hall–Kier alpha value is -1.40. The molecule has 0 aromatic rings. The molecule has 0 aromatic heterocycles. The van der Waals surface area contributed by atoms with Crippen LogP contribution in [0, 0.1) is 5.92 Å². The van der Waals surface area contributed by atoms with Crippen molar-refractivity contribution in [2.45, 2.75) is 52.1 Å². The van der Waals surface area contributed by atoms with E-state index in [-0.39, 0.29) is 19.7 Å². The fourth-order valence-corrected chi connectivity index (χ4v) is 2.11. The molecule has 1 rings (SSSR count). The van der Waals surface area contributed by atoms with Crippen LogP contribution in [0.15, 0.2) is 0 Å². The summed E-state index contributed by atoms with van der Waals surface area (Å²) in [5.74, 6) is -4.89. The van der Waals surface area contributed by atoms with E-state index in [1.807, 2.05) is 0 Å². The Kier molecular flexibility index (Phi) is 5.53. The van der Waals surface area contributed by atoms with E-state index >= 15 is 0 Å². The lowest BCUT2D eigenvalue weighted by molar-refractivity contribution is -0.154. The second-order valence-corrected chi connectivity index (χ2v) is 6.14. The van der Waals surface area contributed by atoms with Crippen molar-refractivity contribution in [2.24, 2.45) is 5.92 Å². The molecule has 1 atom stereocenters.